The van der Waals surface area contributed by atoms with Gasteiger partial charge in [-0.3, -0.25) is 9.59 Å². The molecule has 1 N–H and O–H groups in total. The van der Waals surface area contributed by atoms with Gasteiger partial charge in [-0.2, -0.15) is 0 Å². The zero-order chi connectivity index (χ0) is 19.9. The highest BCUT2D eigenvalue weighted by atomic mass is 32.2. The number of esters is 1. The molecule has 1 amide bonds. The maximum Gasteiger partial charge on any atom is 0.338 e. The van der Waals surface area contributed by atoms with Crippen LogP contribution in [0.3, 0.4) is 0 Å². The third kappa shape index (κ3) is 5.62. The molecular formula is C21H21NO4S2. The summed E-state index contributed by atoms with van der Waals surface area (Å²) >= 11 is 3.85. The van der Waals surface area contributed by atoms with E-state index in [0.29, 0.717) is 21.4 Å². The quantitative estimate of drug-likeness (QED) is 0.551. The molecule has 0 aromatic heterocycles. The van der Waals surface area contributed by atoms with Gasteiger partial charge >= 0.3 is 5.97 Å². The smallest absolute Gasteiger partial charge is 0.338 e. The molecular weight excluding hydrogens is 394 g/mol. The monoisotopic (exact) mass is 415 g/mol. The Bertz CT molecular complexity index is 844. The highest BCUT2D eigenvalue weighted by molar-refractivity contribution is 8.16. The van der Waals surface area contributed by atoms with Gasteiger partial charge in [-0.15, -0.1) is 23.5 Å². The Balaban J connectivity index is 1.49. The molecule has 0 radical (unpaired) electrons. The Morgan fingerprint density at radius 2 is 1.57 bits per heavy atom. The van der Waals surface area contributed by atoms with Gasteiger partial charge in [-0.25, -0.2) is 4.79 Å². The van der Waals surface area contributed by atoms with Crippen LogP contribution in [0.25, 0.3) is 0 Å². The SMILES string of the molecule is CC(=O)c1ccc(NC(=O)COC(=O)c2ccc(C3SCCCS3)cc2)cc1. The van der Waals surface area contributed by atoms with Crippen molar-refractivity contribution in [3.05, 3.63) is 65.2 Å². The summed E-state index contributed by atoms with van der Waals surface area (Å²) < 4.78 is 5.51. The number of hydrogen-bond acceptors (Lipinski definition) is 6. The van der Waals surface area contributed by atoms with E-state index < -0.39 is 11.9 Å². The Morgan fingerprint density at radius 1 is 0.964 bits per heavy atom. The van der Waals surface area contributed by atoms with Gasteiger partial charge in [-0.1, -0.05) is 12.1 Å². The number of nitrogens with one attached hydrogen (secondary N) is 1. The van der Waals surface area contributed by atoms with Crippen molar-refractivity contribution in [1.82, 2.24) is 0 Å². The van der Waals surface area contributed by atoms with Crippen LogP contribution in [0.1, 0.15) is 44.2 Å². The van der Waals surface area contributed by atoms with Crippen molar-refractivity contribution in [2.75, 3.05) is 23.4 Å². The number of amides is 1. The lowest BCUT2D eigenvalue weighted by molar-refractivity contribution is -0.119. The molecule has 0 aliphatic carbocycles. The minimum Gasteiger partial charge on any atom is -0.452 e. The van der Waals surface area contributed by atoms with Crippen molar-refractivity contribution >= 4 is 46.9 Å². The van der Waals surface area contributed by atoms with Crippen LogP contribution < -0.4 is 5.32 Å². The van der Waals surface area contributed by atoms with Crippen LogP contribution in [0.5, 0.6) is 0 Å². The fraction of sp³-hybridized carbons (Fsp3) is 0.286. The second-order valence-corrected chi connectivity index (χ2v) is 9.03. The fourth-order valence-corrected chi connectivity index (χ4v) is 5.55. The van der Waals surface area contributed by atoms with E-state index in [1.807, 2.05) is 35.7 Å². The molecule has 5 nitrogen and oxygen atoms in total. The van der Waals surface area contributed by atoms with Gasteiger partial charge < -0.3 is 10.1 Å². The first-order chi connectivity index (χ1) is 13.5. The van der Waals surface area contributed by atoms with Crippen LogP contribution in [0.4, 0.5) is 5.69 Å². The minimum absolute atomic E-state index is 0.0431. The fourth-order valence-electron chi connectivity index (χ4n) is 2.66. The third-order valence-electron chi connectivity index (χ3n) is 4.16. The number of benzene rings is 2. The van der Waals surface area contributed by atoms with Crippen molar-refractivity contribution in [3.8, 4) is 0 Å². The number of hydrogen-bond donors (Lipinski definition) is 1. The Hall–Kier alpha value is -2.25. The summed E-state index contributed by atoms with van der Waals surface area (Å²) in [6.45, 7) is 1.11. The summed E-state index contributed by atoms with van der Waals surface area (Å²) in [5.74, 6) is 1.31. The largest absolute Gasteiger partial charge is 0.452 e. The van der Waals surface area contributed by atoms with E-state index >= 15 is 0 Å². The predicted molar refractivity (Wildman–Crippen MR) is 114 cm³/mol. The second kappa shape index (κ2) is 9.80. The van der Waals surface area contributed by atoms with Crippen molar-refractivity contribution < 1.29 is 19.1 Å². The molecule has 0 atom stereocenters. The molecule has 1 aliphatic rings. The first kappa shape index (κ1) is 20.5. The van der Waals surface area contributed by atoms with Crippen LogP contribution >= 0.6 is 23.5 Å². The van der Waals surface area contributed by atoms with Crippen molar-refractivity contribution in [3.63, 3.8) is 0 Å². The van der Waals surface area contributed by atoms with Gasteiger partial charge in [0.1, 0.15) is 0 Å². The molecule has 2 aromatic carbocycles. The molecule has 1 aliphatic heterocycles. The summed E-state index contributed by atoms with van der Waals surface area (Å²) in [5, 5.41) is 2.63. The van der Waals surface area contributed by atoms with Crippen molar-refractivity contribution in [2.45, 2.75) is 17.9 Å². The summed E-state index contributed by atoms with van der Waals surface area (Å²) in [4.78, 5) is 35.4. The van der Waals surface area contributed by atoms with Crippen LogP contribution in [0.2, 0.25) is 0 Å². The van der Waals surface area contributed by atoms with Crippen molar-refractivity contribution in [1.29, 1.82) is 0 Å². The van der Waals surface area contributed by atoms with Crippen LogP contribution in [-0.2, 0) is 9.53 Å². The number of ether oxygens (including phenoxy) is 1. The maximum absolute atomic E-state index is 12.2. The normalized spacial score (nSPS) is 14.3. The second-order valence-electron chi connectivity index (χ2n) is 6.31. The van der Waals surface area contributed by atoms with Crippen LogP contribution in [0, 0.1) is 0 Å². The summed E-state index contributed by atoms with van der Waals surface area (Å²) in [5.41, 5.74) is 2.72. The molecule has 2 aromatic rings. The highest BCUT2D eigenvalue weighted by Crippen LogP contribution is 2.43. The van der Waals surface area contributed by atoms with E-state index in [9.17, 15) is 14.4 Å². The van der Waals surface area contributed by atoms with Gasteiger partial charge in [0, 0.05) is 11.3 Å². The molecule has 3 rings (SSSR count). The molecule has 0 unspecified atom stereocenters. The lowest BCUT2D eigenvalue weighted by Gasteiger charge is -2.21. The molecule has 0 spiro atoms. The van der Waals surface area contributed by atoms with Gasteiger partial charge in [0.15, 0.2) is 12.4 Å². The number of carbonyl (C=O) groups is 3. The number of anilines is 1. The number of rotatable bonds is 6. The number of thioether (sulfide) groups is 2. The van der Waals surface area contributed by atoms with Crippen LogP contribution in [-0.4, -0.2) is 35.8 Å². The highest BCUT2D eigenvalue weighted by Gasteiger charge is 2.17. The third-order valence-corrected chi connectivity index (χ3v) is 7.17. The number of Topliss-reactive ketones (excluding diaryl/α,β-unsaturated/α-hetero) is 1. The zero-order valence-electron chi connectivity index (χ0n) is 15.5. The minimum atomic E-state index is -0.530. The molecule has 28 heavy (non-hydrogen) atoms. The van der Waals surface area contributed by atoms with E-state index in [4.69, 9.17) is 4.74 Å². The topological polar surface area (TPSA) is 72.5 Å². The summed E-state index contributed by atoms with van der Waals surface area (Å²) in [7, 11) is 0. The molecule has 1 saturated heterocycles. The number of ketones is 1. The average Bonchev–Trinajstić information content (AvgIpc) is 2.73. The van der Waals surface area contributed by atoms with Gasteiger partial charge in [0.05, 0.1) is 10.1 Å². The first-order valence-corrected chi connectivity index (χ1v) is 11.0. The summed E-state index contributed by atoms with van der Waals surface area (Å²) in [6, 6.07) is 13.9. The lowest BCUT2D eigenvalue weighted by Crippen LogP contribution is -2.21. The molecule has 146 valence electrons. The van der Waals surface area contributed by atoms with Gasteiger partial charge in [0.25, 0.3) is 5.91 Å². The van der Waals surface area contributed by atoms with Gasteiger partial charge in [-0.05, 0) is 66.8 Å². The van der Waals surface area contributed by atoms with Gasteiger partial charge in [0.2, 0.25) is 0 Å². The molecule has 7 heteroatoms. The Morgan fingerprint density at radius 3 is 2.18 bits per heavy atom. The molecule has 1 heterocycles. The zero-order valence-corrected chi connectivity index (χ0v) is 17.1. The molecule has 0 saturated carbocycles. The molecule has 1 fully saturated rings. The van der Waals surface area contributed by atoms with E-state index in [-0.39, 0.29) is 12.4 Å². The Kier molecular flexibility index (Phi) is 7.17. The predicted octanol–water partition coefficient (Wildman–Crippen LogP) is 4.55. The van der Waals surface area contributed by atoms with Crippen LogP contribution in [0.15, 0.2) is 48.5 Å². The summed E-state index contributed by atoms with van der Waals surface area (Å²) in [6.07, 6.45) is 1.24. The van der Waals surface area contributed by atoms with E-state index in [0.717, 1.165) is 11.5 Å². The molecule has 0 bridgehead atoms. The Labute approximate surface area is 172 Å². The standard InChI is InChI=1S/C21H21NO4S2/c1-14(23)15-7-9-18(10-8-15)22-19(24)13-26-20(25)16-3-5-17(6-4-16)21-27-11-2-12-28-21/h3-10,21H,2,11-13H2,1H3,(H,22,24). The van der Waals surface area contributed by atoms with E-state index in [1.165, 1.54) is 18.9 Å². The average molecular weight is 416 g/mol. The van der Waals surface area contributed by atoms with E-state index in [2.05, 4.69) is 5.32 Å². The number of carbonyl (C=O) groups excluding carboxylic acids is 3. The lowest BCUT2D eigenvalue weighted by atomic mass is 10.1. The first-order valence-electron chi connectivity index (χ1n) is 8.94. The van der Waals surface area contributed by atoms with Crippen molar-refractivity contribution in [2.24, 2.45) is 0 Å². The maximum atomic E-state index is 12.2. The van der Waals surface area contributed by atoms with E-state index in [1.54, 1.807) is 36.4 Å².